The van der Waals surface area contributed by atoms with Crippen LogP contribution in [0.2, 0.25) is 0 Å². The summed E-state index contributed by atoms with van der Waals surface area (Å²) in [4.78, 5) is 14.1. The first-order chi connectivity index (χ1) is 8.17. The standard InChI is InChI=1S/C13H18ClNO2/c1-3-9(2)13(16)17-11-5-7-15-6-4-10(8-14)12(11)15/h3-4,11-12H,5-8H2,1-2H3/b9-3-/t11-,12+/m0/s1. The maximum Gasteiger partial charge on any atom is 0.333 e. The molecule has 0 aromatic heterocycles. The van der Waals surface area contributed by atoms with E-state index in [0.717, 1.165) is 19.5 Å². The van der Waals surface area contributed by atoms with Crippen molar-refractivity contribution in [1.29, 1.82) is 0 Å². The SMILES string of the molecule is C/C=C(/C)C(=O)O[C@H]1CCN2CC=C(CCl)[C@H]12. The molecule has 2 rings (SSSR count). The zero-order valence-corrected chi connectivity index (χ0v) is 11.0. The molecule has 0 bridgehead atoms. The topological polar surface area (TPSA) is 29.5 Å². The average molecular weight is 256 g/mol. The Balaban J connectivity index is 2.03. The highest BCUT2D eigenvalue weighted by molar-refractivity contribution is 6.19. The number of alkyl halides is 1. The minimum Gasteiger partial charge on any atom is -0.457 e. The molecule has 2 atom stereocenters. The van der Waals surface area contributed by atoms with E-state index in [1.54, 1.807) is 13.0 Å². The van der Waals surface area contributed by atoms with Crippen LogP contribution in [0.3, 0.4) is 0 Å². The van der Waals surface area contributed by atoms with Gasteiger partial charge >= 0.3 is 5.97 Å². The first-order valence-corrected chi connectivity index (χ1v) is 6.53. The summed E-state index contributed by atoms with van der Waals surface area (Å²) in [6.07, 6.45) is 4.80. The average Bonchev–Trinajstić information content (AvgIpc) is 2.90. The normalized spacial score (nSPS) is 29.1. The first-order valence-electron chi connectivity index (χ1n) is 6.00. The van der Waals surface area contributed by atoms with Gasteiger partial charge in [0, 0.05) is 24.5 Å². The van der Waals surface area contributed by atoms with Crippen LogP contribution in [0.4, 0.5) is 0 Å². The molecule has 0 aromatic carbocycles. The molecule has 0 amide bonds. The molecular weight excluding hydrogens is 238 g/mol. The van der Waals surface area contributed by atoms with Crippen LogP contribution >= 0.6 is 11.6 Å². The van der Waals surface area contributed by atoms with Crippen LogP contribution in [0.1, 0.15) is 20.3 Å². The minimum atomic E-state index is -0.208. The van der Waals surface area contributed by atoms with Crippen molar-refractivity contribution in [2.24, 2.45) is 0 Å². The number of fused-ring (bicyclic) bond motifs is 1. The van der Waals surface area contributed by atoms with Gasteiger partial charge in [-0.25, -0.2) is 4.79 Å². The summed E-state index contributed by atoms with van der Waals surface area (Å²) in [5, 5.41) is 0. The lowest BCUT2D eigenvalue weighted by molar-refractivity contribution is -0.144. The second kappa shape index (κ2) is 5.23. The van der Waals surface area contributed by atoms with Gasteiger partial charge in [0.15, 0.2) is 0 Å². The maximum absolute atomic E-state index is 11.8. The fraction of sp³-hybridized carbons (Fsp3) is 0.615. The van der Waals surface area contributed by atoms with Crippen molar-refractivity contribution in [3.05, 3.63) is 23.3 Å². The van der Waals surface area contributed by atoms with Gasteiger partial charge in [0.2, 0.25) is 0 Å². The van der Waals surface area contributed by atoms with Crippen LogP contribution in [0.15, 0.2) is 23.3 Å². The first kappa shape index (κ1) is 12.7. The Bertz CT molecular complexity index is 376. The molecule has 1 fully saturated rings. The van der Waals surface area contributed by atoms with Crippen molar-refractivity contribution < 1.29 is 9.53 Å². The van der Waals surface area contributed by atoms with Crippen LogP contribution < -0.4 is 0 Å². The molecule has 1 saturated heterocycles. The molecule has 0 N–H and O–H groups in total. The summed E-state index contributed by atoms with van der Waals surface area (Å²) < 4.78 is 5.56. The van der Waals surface area contributed by atoms with Crippen LogP contribution in [0.25, 0.3) is 0 Å². The van der Waals surface area contributed by atoms with E-state index in [1.165, 1.54) is 5.57 Å². The van der Waals surface area contributed by atoms with Crippen LogP contribution in [-0.2, 0) is 9.53 Å². The zero-order chi connectivity index (χ0) is 12.4. The smallest absolute Gasteiger partial charge is 0.333 e. The molecule has 0 aliphatic carbocycles. The Kier molecular flexibility index (Phi) is 3.89. The molecule has 4 heteroatoms. The van der Waals surface area contributed by atoms with Crippen molar-refractivity contribution >= 4 is 17.6 Å². The number of allylic oxidation sites excluding steroid dienone is 1. The highest BCUT2D eigenvalue weighted by Gasteiger charge is 2.41. The molecule has 0 radical (unpaired) electrons. The Morgan fingerprint density at radius 3 is 3.12 bits per heavy atom. The maximum atomic E-state index is 11.8. The number of hydrogen-bond donors (Lipinski definition) is 0. The number of rotatable bonds is 3. The number of carbonyl (C=O) groups is 1. The molecule has 2 aliphatic heterocycles. The minimum absolute atomic E-state index is 0.0371. The molecule has 17 heavy (non-hydrogen) atoms. The molecule has 3 nitrogen and oxygen atoms in total. The lowest BCUT2D eigenvalue weighted by Crippen LogP contribution is -2.35. The Morgan fingerprint density at radius 2 is 2.47 bits per heavy atom. The third-order valence-electron chi connectivity index (χ3n) is 3.58. The summed E-state index contributed by atoms with van der Waals surface area (Å²) in [5.74, 6) is 0.317. The molecule has 0 unspecified atom stereocenters. The molecule has 2 aliphatic rings. The third-order valence-corrected chi connectivity index (χ3v) is 3.89. The van der Waals surface area contributed by atoms with Crippen molar-refractivity contribution in [2.45, 2.75) is 32.4 Å². The lowest BCUT2D eigenvalue weighted by atomic mass is 10.1. The number of carbonyl (C=O) groups excluding carboxylic acids is 1. The highest BCUT2D eigenvalue weighted by atomic mass is 35.5. The van der Waals surface area contributed by atoms with E-state index in [0.29, 0.717) is 11.5 Å². The van der Waals surface area contributed by atoms with Gasteiger partial charge < -0.3 is 4.74 Å². The summed E-state index contributed by atoms with van der Waals surface area (Å²) >= 11 is 5.92. The van der Waals surface area contributed by atoms with Gasteiger partial charge in [-0.1, -0.05) is 12.2 Å². The Labute approximate surface area is 107 Å². The van der Waals surface area contributed by atoms with Crippen molar-refractivity contribution in [3.8, 4) is 0 Å². The van der Waals surface area contributed by atoms with E-state index >= 15 is 0 Å². The van der Waals surface area contributed by atoms with Crippen molar-refractivity contribution in [2.75, 3.05) is 19.0 Å². The van der Waals surface area contributed by atoms with E-state index in [9.17, 15) is 4.79 Å². The molecule has 0 aromatic rings. The fourth-order valence-electron chi connectivity index (χ4n) is 2.46. The van der Waals surface area contributed by atoms with Crippen LogP contribution in [-0.4, -0.2) is 42.0 Å². The van der Waals surface area contributed by atoms with Crippen molar-refractivity contribution in [3.63, 3.8) is 0 Å². The van der Waals surface area contributed by atoms with Gasteiger partial charge in [0.25, 0.3) is 0 Å². The Morgan fingerprint density at radius 1 is 1.71 bits per heavy atom. The second-order valence-corrected chi connectivity index (χ2v) is 4.82. The molecule has 0 spiro atoms. The molecule has 0 saturated carbocycles. The predicted molar refractivity (Wildman–Crippen MR) is 68.1 cm³/mol. The monoisotopic (exact) mass is 255 g/mol. The van der Waals surface area contributed by atoms with Gasteiger partial charge in [0.05, 0.1) is 6.04 Å². The summed E-state index contributed by atoms with van der Waals surface area (Å²) in [6.45, 7) is 5.54. The van der Waals surface area contributed by atoms with Gasteiger partial charge in [-0.15, -0.1) is 11.6 Å². The van der Waals surface area contributed by atoms with Gasteiger partial charge in [-0.05, 0) is 25.8 Å². The number of esters is 1. The molecule has 94 valence electrons. The largest absolute Gasteiger partial charge is 0.457 e. The van der Waals surface area contributed by atoms with Gasteiger partial charge in [0.1, 0.15) is 6.10 Å². The third kappa shape index (κ3) is 2.40. The second-order valence-electron chi connectivity index (χ2n) is 4.56. The van der Waals surface area contributed by atoms with E-state index in [-0.39, 0.29) is 18.1 Å². The summed E-state index contributed by atoms with van der Waals surface area (Å²) in [5.41, 5.74) is 1.86. The zero-order valence-electron chi connectivity index (χ0n) is 10.3. The van der Waals surface area contributed by atoms with E-state index in [1.807, 2.05) is 6.92 Å². The Hall–Kier alpha value is -0.800. The van der Waals surface area contributed by atoms with Crippen LogP contribution in [0.5, 0.6) is 0 Å². The predicted octanol–water partition coefficient (Wildman–Crippen LogP) is 2.12. The summed E-state index contributed by atoms with van der Waals surface area (Å²) in [7, 11) is 0. The fourth-order valence-corrected chi connectivity index (χ4v) is 2.73. The van der Waals surface area contributed by atoms with E-state index in [2.05, 4.69) is 11.0 Å². The van der Waals surface area contributed by atoms with E-state index < -0.39 is 0 Å². The number of ether oxygens (including phenoxy) is 1. The number of halogens is 1. The summed E-state index contributed by atoms with van der Waals surface area (Å²) in [6, 6.07) is 0.209. The van der Waals surface area contributed by atoms with Crippen molar-refractivity contribution in [1.82, 2.24) is 4.90 Å². The van der Waals surface area contributed by atoms with Gasteiger partial charge in [-0.3, -0.25) is 4.90 Å². The van der Waals surface area contributed by atoms with Crippen LogP contribution in [0, 0.1) is 0 Å². The number of nitrogens with zero attached hydrogens (tertiary/aromatic N) is 1. The number of hydrogen-bond acceptors (Lipinski definition) is 3. The lowest BCUT2D eigenvalue weighted by Gasteiger charge is -2.23. The molecule has 2 heterocycles. The van der Waals surface area contributed by atoms with E-state index in [4.69, 9.17) is 16.3 Å². The molecular formula is C13H18ClNO2. The quantitative estimate of drug-likeness (QED) is 0.335. The van der Waals surface area contributed by atoms with Gasteiger partial charge in [-0.2, -0.15) is 0 Å². The highest BCUT2D eigenvalue weighted by Crippen LogP contribution is 2.31.